The summed E-state index contributed by atoms with van der Waals surface area (Å²) >= 11 is 0. The van der Waals surface area contributed by atoms with Crippen LogP contribution >= 0.6 is 0 Å². The first-order valence-corrected chi connectivity index (χ1v) is 8.85. The van der Waals surface area contributed by atoms with Crippen LogP contribution in [0.4, 0.5) is 0 Å². The van der Waals surface area contributed by atoms with E-state index >= 15 is 0 Å². The van der Waals surface area contributed by atoms with E-state index in [1.165, 1.54) is 19.2 Å². The molecular formula is C21H22O6. The number of methoxy groups -OCH3 is 1. The molecule has 2 aromatic carbocycles. The van der Waals surface area contributed by atoms with E-state index in [1.54, 1.807) is 19.1 Å². The zero-order valence-corrected chi connectivity index (χ0v) is 15.6. The van der Waals surface area contributed by atoms with E-state index in [1.807, 2.05) is 19.1 Å². The Morgan fingerprint density at radius 1 is 1.07 bits per heavy atom. The number of ketones is 1. The van der Waals surface area contributed by atoms with Gasteiger partial charge in [0.25, 0.3) is 0 Å². The van der Waals surface area contributed by atoms with Gasteiger partial charge in [-0.1, -0.05) is 31.2 Å². The first-order valence-electron chi connectivity index (χ1n) is 8.85. The molecule has 0 radical (unpaired) electrons. The van der Waals surface area contributed by atoms with E-state index in [4.69, 9.17) is 18.9 Å². The molecule has 0 saturated carbocycles. The van der Waals surface area contributed by atoms with Gasteiger partial charge in [-0.2, -0.15) is 0 Å². The average molecular weight is 370 g/mol. The van der Waals surface area contributed by atoms with E-state index in [-0.39, 0.29) is 11.3 Å². The fourth-order valence-electron chi connectivity index (χ4n) is 2.81. The van der Waals surface area contributed by atoms with Crippen molar-refractivity contribution in [3.8, 4) is 17.2 Å². The first-order chi connectivity index (χ1) is 13.0. The Kier molecular flexibility index (Phi) is 5.64. The summed E-state index contributed by atoms with van der Waals surface area (Å²) < 4.78 is 21.7. The molecule has 0 aliphatic carbocycles. The smallest absolute Gasteiger partial charge is 0.339 e. The summed E-state index contributed by atoms with van der Waals surface area (Å²) in [6.45, 7) is 4.40. The van der Waals surface area contributed by atoms with Gasteiger partial charge in [-0.05, 0) is 31.0 Å². The van der Waals surface area contributed by atoms with Gasteiger partial charge < -0.3 is 18.9 Å². The number of hydrogen-bond acceptors (Lipinski definition) is 6. The first kappa shape index (κ1) is 18.8. The highest BCUT2D eigenvalue weighted by molar-refractivity contribution is 6.01. The molecule has 0 fully saturated rings. The minimum atomic E-state index is -0.913. The predicted molar refractivity (Wildman–Crippen MR) is 99.0 cm³/mol. The third-order valence-electron chi connectivity index (χ3n) is 4.36. The van der Waals surface area contributed by atoms with Crippen LogP contribution in [0.2, 0.25) is 0 Å². The molecule has 0 spiro atoms. The summed E-state index contributed by atoms with van der Waals surface area (Å²) in [5.41, 5.74) is 1.88. The van der Waals surface area contributed by atoms with Gasteiger partial charge in [0.1, 0.15) is 13.2 Å². The van der Waals surface area contributed by atoms with Gasteiger partial charge in [-0.3, -0.25) is 4.79 Å². The molecule has 1 aliphatic heterocycles. The minimum Gasteiger partial charge on any atom is -0.493 e. The third-order valence-corrected chi connectivity index (χ3v) is 4.36. The number of benzene rings is 2. The summed E-state index contributed by atoms with van der Waals surface area (Å²) in [5.74, 6) is 0.377. The normalized spacial score (nSPS) is 13.6. The molecule has 6 nitrogen and oxygen atoms in total. The lowest BCUT2D eigenvalue weighted by molar-refractivity contribution is 0.0317. The van der Waals surface area contributed by atoms with Crippen LogP contribution in [0.5, 0.6) is 17.2 Å². The molecule has 0 aromatic heterocycles. The van der Waals surface area contributed by atoms with Crippen LogP contribution in [0.3, 0.4) is 0 Å². The van der Waals surface area contributed by atoms with Crippen molar-refractivity contribution in [1.82, 2.24) is 0 Å². The monoisotopic (exact) mass is 370 g/mol. The minimum absolute atomic E-state index is 0.233. The summed E-state index contributed by atoms with van der Waals surface area (Å²) in [7, 11) is 1.48. The van der Waals surface area contributed by atoms with Crippen molar-refractivity contribution >= 4 is 11.8 Å². The number of rotatable bonds is 6. The topological polar surface area (TPSA) is 71.1 Å². The fourth-order valence-corrected chi connectivity index (χ4v) is 2.81. The SMILES string of the molecule is CCc1ccc(C(=O)[C@@H](C)OC(=O)c2cc(OC)c3c(c2)OCCO3)cc1. The van der Waals surface area contributed by atoms with Gasteiger partial charge in [0, 0.05) is 5.56 Å². The molecule has 142 valence electrons. The molecular weight excluding hydrogens is 348 g/mol. The number of esters is 1. The van der Waals surface area contributed by atoms with Gasteiger partial charge in [-0.15, -0.1) is 0 Å². The molecule has 1 heterocycles. The Bertz CT molecular complexity index is 823. The quantitative estimate of drug-likeness (QED) is 0.573. The van der Waals surface area contributed by atoms with Crippen LogP contribution in [0.15, 0.2) is 36.4 Å². The van der Waals surface area contributed by atoms with Crippen molar-refractivity contribution in [2.45, 2.75) is 26.4 Å². The number of hydrogen-bond donors (Lipinski definition) is 0. The Hall–Kier alpha value is -3.02. The van der Waals surface area contributed by atoms with Gasteiger partial charge in [0.15, 0.2) is 17.6 Å². The van der Waals surface area contributed by atoms with E-state index in [9.17, 15) is 9.59 Å². The van der Waals surface area contributed by atoms with Crippen molar-refractivity contribution in [2.24, 2.45) is 0 Å². The molecule has 0 bridgehead atoms. The van der Waals surface area contributed by atoms with Crippen molar-refractivity contribution < 1.29 is 28.5 Å². The summed E-state index contributed by atoms with van der Waals surface area (Å²) in [6.07, 6.45) is -0.0190. The number of aryl methyl sites for hydroxylation is 1. The van der Waals surface area contributed by atoms with Crippen molar-refractivity contribution in [1.29, 1.82) is 0 Å². The number of carbonyl (C=O) groups is 2. The average Bonchev–Trinajstić information content (AvgIpc) is 2.72. The summed E-state index contributed by atoms with van der Waals surface area (Å²) in [5, 5.41) is 0. The lowest BCUT2D eigenvalue weighted by atomic mass is 10.0. The van der Waals surface area contributed by atoms with Crippen LogP contribution < -0.4 is 14.2 Å². The van der Waals surface area contributed by atoms with Crippen molar-refractivity contribution in [3.05, 3.63) is 53.1 Å². The van der Waals surface area contributed by atoms with Gasteiger partial charge >= 0.3 is 5.97 Å². The van der Waals surface area contributed by atoms with E-state index in [0.717, 1.165) is 12.0 Å². The van der Waals surface area contributed by atoms with Crippen molar-refractivity contribution in [2.75, 3.05) is 20.3 Å². The molecule has 27 heavy (non-hydrogen) atoms. The Morgan fingerprint density at radius 2 is 1.78 bits per heavy atom. The standard InChI is InChI=1S/C21H22O6/c1-4-14-5-7-15(8-6-14)19(22)13(2)27-21(23)16-11-17(24-3)20-18(12-16)25-9-10-26-20/h5-8,11-13H,4,9-10H2,1-3H3/t13-/m1/s1. The Balaban J connectivity index is 1.75. The highest BCUT2D eigenvalue weighted by atomic mass is 16.6. The zero-order valence-electron chi connectivity index (χ0n) is 15.6. The molecule has 1 aliphatic rings. The lowest BCUT2D eigenvalue weighted by Crippen LogP contribution is -2.24. The Labute approximate surface area is 158 Å². The summed E-state index contributed by atoms with van der Waals surface area (Å²) in [4.78, 5) is 25.0. The second-order valence-electron chi connectivity index (χ2n) is 6.16. The van der Waals surface area contributed by atoms with E-state index in [2.05, 4.69) is 0 Å². The predicted octanol–water partition coefficient (Wildman–Crippen LogP) is 3.46. The van der Waals surface area contributed by atoms with E-state index in [0.29, 0.717) is 36.0 Å². The second-order valence-corrected chi connectivity index (χ2v) is 6.16. The molecule has 6 heteroatoms. The van der Waals surface area contributed by atoms with Gasteiger partial charge in [0.05, 0.1) is 12.7 Å². The number of ether oxygens (including phenoxy) is 4. The third kappa shape index (κ3) is 4.05. The summed E-state index contributed by atoms with van der Waals surface area (Å²) in [6, 6.07) is 10.3. The molecule has 2 aromatic rings. The second kappa shape index (κ2) is 8.12. The van der Waals surface area contributed by atoms with Gasteiger partial charge in [0.2, 0.25) is 11.5 Å². The van der Waals surface area contributed by atoms with Gasteiger partial charge in [-0.25, -0.2) is 4.79 Å². The maximum absolute atomic E-state index is 12.5. The highest BCUT2D eigenvalue weighted by Gasteiger charge is 2.24. The molecule has 0 amide bonds. The number of carbonyl (C=O) groups excluding carboxylic acids is 2. The molecule has 0 saturated heterocycles. The van der Waals surface area contributed by atoms with Crippen LogP contribution in [0.1, 0.15) is 40.1 Å². The maximum atomic E-state index is 12.5. The largest absolute Gasteiger partial charge is 0.493 e. The van der Waals surface area contributed by atoms with Crippen LogP contribution in [0, 0.1) is 0 Å². The fraction of sp³-hybridized carbons (Fsp3) is 0.333. The zero-order chi connectivity index (χ0) is 19.4. The number of Topliss-reactive ketones (excluding diaryl/α,β-unsaturated/α-hetero) is 1. The molecule has 0 unspecified atom stereocenters. The maximum Gasteiger partial charge on any atom is 0.339 e. The van der Waals surface area contributed by atoms with Crippen LogP contribution in [-0.4, -0.2) is 38.2 Å². The number of fused-ring (bicyclic) bond motifs is 1. The molecule has 1 atom stereocenters. The van der Waals surface area contributed by atoms with Crippen LogP contribution in [-0.2, 0) is 11.2 Å². The highest BCUT2D eigenvalue weighted by Crippen LogP contribution is 2.40. The molecule has 0 N–H and O–H groups in total. The van der Waals surface area contributed by atoms with Crippen LogP contribution in [0.25, 0.3) is 0 Å². The Morgan fingerprint density at radius 3 is 2.44 bits per heavy atom. The molecule has 3 rings (SSSR count). The van der Waals surface area contributed by atoms with E-state index < -0.39 is 12.1 Å². The van der Waals surface area contributed by atoms with Crippen molar-refractivity contribution in [3.63, 3.8) is 0 Å². The lowest BCUT2D eigenvalue weighted by Gasteiger charge is -2.21.